The summed E-state index contributed by atoms with van der Waals surface area (Å²) in [5, 5.41) is 7.08. The summed E-state index contributed by atoms with van der Waals surface area (Å²) < 4.78 is 37.6. The van der Waals surface area contributed by atoms with E-state index in [0.29, 0.717) is 36.6 Å². The molecule has 1 unspecified atom stereocenters. The second kappa shape index (κ2) is 8.61. The van der Waals surface area contributed by atoms with E-state index in [9.17, 15) is 8.42 Å². The van der Waals surface area contributed by atoms with Gasteiger partial charge in [-0.1, -0.05) is 19.0 Å². The molecule has 1 aromatic heterocycles. The van der Waals surface area contributed by atoms with E-state index >= 15 is 0 Å². The molecule has 0 radical (unpaired) electrons. The van der Waals surface area contributed by atoms with E-state index in [4.69, 9.17) is 9.26 Å². The van der Waals surface area contributed by atoms with Gasteiger partial charge in [0.25, 0.3) is 5.89 Å². The predicted octanol–water partition coefficient (Wildman–Crippen LogP) is 1.93. The number of nitrogens with one attached hydrogen (secondary N) is 1. The number of hydrogen-bond acceptors (Lipinski definition) is 7. The summed E-state index contributed by atoms with van der Waals surface area (Å²) in [5.41, 5.74) is 0.455. The monoisotopic (exact) mass is 382 g/mol. The van der Waals surface area contributed by atoms with Gasteiger partial charge in [0.1, 0.15) is 5.75 Å². The van der Waals surface area contributed by atoms with Crippen molar-refractivity contribution < 1.29 is 17.7 Å². The standard InChI is InChI=1S/C17H26N4O4S/c1-6-21(7-2)26(22,23)13-8-9-15(24-5)14(11-13)17-19-16(20-25-17)10-12(3)18-4/h8-9,11-12,18H,6-7,10H2,1-5H3. The summed E-state index contributed by atoms with van der Waals surface area (Å²) in [5.74, 6) is 1.25. The number of hydrogen-bond donors (Lipinski definition) is 1. The molecule has 0 amide bonds. The van der Waals surface area contributed by atoms with Crippen LogP contribution in [0.15, 0.2) is 27.6 Å². The Hall–Kier alpha value is -1.97. The average Bonchev–Trinajstić information content (AvgIpc) is 3.10. The molecule has 2 rings (SSSR count). The van der Waals surface area contributed by atoms with E-state index in [2.05, 4.69) is 15.5 Å². The van der Waals surface area contributed by atoms with Crippen molar-refractivity contribution in [1.82, 2.24) is 19.8 Å². The molecular weight excluding hydrogens is 356 g/mol. The van der Waals surface area contributed by atoms with Gasteiger partial charge in [-0.2, -0.15) is 9.29 Å². The summed E-state index contributed by atoms with van der Waals surface area (Å²) in [6.07, 6.45) is 0.597. The minimum Gasteiger partial charge on any atom is -0.496 e. The summed E-state index contributed by atoms with van der Waals surface area (Å²) in [4.78, 5) is 4.55. The number of rotatable bonds is 9. The van der Waals surface area contributed by atoms with E-state index in [1.165, 1.54) is 23.5 Å². The molecule has 144 valence electrons. The topological polar surface area (TPSA) is 97.6 Å². The number of methoxy groups -OCH3 is 1. The average molecular weight is 382 g/mol. The highest BCUT2D eigenvalue weighted by molar-refractivity contribution is 7.89. The molecule has 0 aliphatic heterocycles. The smallest absolute Gasteiger partial charge is 0.261 e. The Morgan fingerprint density at radius 2 is 2.00 bits per heavy atom. The van der Waals surface area contributed by atoms with Crippen molar-refractivity contribution in [3.05, 3.63) is 24.0 Å². The third-order valence-electron chi connectivity index (χ3n) is 4.19. The van der Waals surface area contributed by atoms with Gasteiger partial charge in [0.15, 0.2) is 5.82 Å². The minimum absolute atomic E-state index is 0.167. The molecule has 0 aliphatic rings. The Balaban J connectivity index is 2.45. The molecule has 9 heteroatoms. The lowest BCUT2D eigenvalue weighted by Crippen LogP contribution is -2.30. The van der Waals surface area contributed by atoms with Crippen LogP contribution < -0.4 is 10.1 Å². The summed E-state index contributed by atoms with van der Waals surface area (Å²) in [7, 11) is -0.226. The lowest BCUT2D eigenvalue weighted by molar-refractivity contribution is 0.400. The predicted molar refractivity (Wildman–Crippen MR) is 98.6 cm³/mol. The van der Waals surface area contributed by atoms with Crippen molar-refractivity contribution in [3.8, 4) is 17.2 Å². The highest BCUT2D eigenvalue weighted by Crippen LogP contribution is 2.32. The molecule has 0 saturated carbocycles. The van der Waals surface area contributed by atoms with Crippen LogP contribution in [0.5, 0.6) is 5.75 Å². The lowest BCUT2D eigenvalue weighted by Gasteiger charge is -2.19. The van der Waals surface area contributed by atoms with Gasteiger partial charge in [0.2, 0.25) is 10.0 Å². The second-order valence-electron chi connectivity index (χ2n) is 5.86. The zero-order valence-corrected chi connectivity index (χ0v) is 16.6. The van der Waals surface area contributed by atoms with Crippen molar-refractivity contribution in [1.29, 1.82) is 0 Å². The molecule has 1 heterocycles. The van der Waals surface area contributed by atoms with Gasteiger partial charge >= 0.3 is 0 Å². The fourth-order valence-corrected chi connectivity index (χ4v) is 4.03. The third kappa shape index (κ3) is 4.22. The van der Waals surface area contributed by atoms with Gasteiger partial charge in [-0.15, -0.1) is 0 Å². The molecule has 1 atom stereocenters. The Morgan fingerprint density at radius 1 is 1.31 bits per heavy atom. The molecule has 1 N–H and O–H groups in total. The SMILES string of the molecule is CCN(CC)S(=O)(=O)c1ccc(OC)c(-c2nc(CC(C)NC)no2)c1. The molecule has 0 aliphatic carbocycles. The first-order chi connectivity index (χ1) is 12.4. The van der Waals surface area contributed by atoms with Crippen LogP contribution in [-0.2, 0) is 16.4 Å². The van der Waals surface area contributed by atoms with Crippen LogP contribution in [0.4, 0.5) is 0 Å². The fourth-order valence-electron chi connectivity index (χ4n) is 2.55. The first kappa shape index (κ1) is 20.3. The number of benzene rings is 1. The Kier molecular flexibility index (Phi) is 6.74. The normalized spacial score (nSPS) is 13.2. The molecule has 0 fully saturated rings. The van der Waals surface area contributed by atoms with Gasteiger partial charge in [-0.3, -0.25) is 0 Å². The Morgan fingerprint density at radius 3 is 2.58 bits per heavy atom. The highest BCUT2D eigenvalue weighted by atomic mass is 32.2. The van der Waals surface area contributed by atoms with Crippen molar-refractivity contribution in [2.75, 3.05) is 27.2 Å². The molecule has 26 heavy (non-hydrogen) atoms. The van der Waals surface area contributed by atoms with E-state index in [1.807, 2.05) is 14.0 Å². The third-order valence-corrected chi connectivity index (χ3v) is 6.24. The summed E-state index contributed by atoms with van der Waals surface area (Å²) in [6, 6.07) is 4.84. The molecule has 0 bridgehead atoms. The Labute approximate surface area is 154 Å². The van der Waals surface area contributed by atoms with Crippen molar-refractivity contribution >= 4 is 10.0 Å². The Bertz CT molecular complexity index is 831. The number of aromatic nitrogens is 2. The molecule has 0 spiro atoms. The van der Waals surface area contributed by atoms with Crippen molar-refractivity contribution in [2.24, 2.45) is 0 Å². The number of nitrogens with zero attached hydrogens (tertiary/aromatic N) is 3. The van der Waals surface area contributed by atoms with Crippen molar-refractivity contribution in [2.45, 2.75) is 38.1 Å². The molecule has 8 nitrogen and oxygen atoms in total. The van der Waals surface area contributed by atoms with E-state index in [1.54, 1.807) is 19.9 Å². The first-order valence-corrected chi connectivity index (χ1v) is 9.99. The van der Waals surface area contributed by atoms with E-state index in [0.717, 1.165) is 0 Å². The van der Waals surface area contributed by atoms with Gasteiger partial charge in [0.05, 0.1) is 17.6 Å². The maximum atomic E-state index is 12.8. The maximum Gasteiger partial charge on any atom is 0.261 e. The quantitative estimate of drug-likeness (QED) is 0.707. The number of ether oxygens (including phenoxy) is 1. The first-order valence-electron chi connectivity index (χ1n) is 8.55. The van der Waals surface area contributed by atoms with Gasteiger partial charge in [0, 0.05) is 25.6 Å². The van der Waals surface area contributed by atoms with Gasteiger partial charge < -0.3 is 14.6 Å². The van der Waals surface area contributed by atoms with Crippen LogP contribution in [0.2, 0.25) is 0 Å². The zero-order valence-electron chi connectivity index (χ0n) is 15.8. The fraction of sp³-hybridized carbons (Fsp3) is 0.529. The lowest BCUT2D eigenvalue weighted by atomic mass is 10.2. The number of likely N-dealkylation sites (N-methyl/N-ethyl adjacent to an activating group) is 1. The molecule has 1 aromatic carbocycles. The van der Waals surface area contributed by atoms with Crippen molar-refractivity contribution in [3.63, 3.8) is 0 Å². The highest BCUT2D eigenvalue weighted by Gasteiger charge is 2.24. The number of sulfonamides is 1. The van der Waals surface area contributed by atoms with Crippen LogP contribution in [0.25, 0.3) is 11.5 Å². The van der Waals surface area contributed by atoms with Crippen LogP contribution in [0.1, 0.15) is 26.6 Å². The minimum atomic E-state index is -3.59. The molecular formula is C17H26N4O4S. The zero-order chi connectivity index (χ0) is 19.3. The van der Waals surface area contributed by atoms with Gasteiger partial charge in [-0.25, -0.2) is 8.42 Å². The van der Waals surface area contributed by atoms with E-state index < -0.39 is 10.0 Å². The summed E-state index contributed by atoms with van der Waals surface area (Å²) in [6.45, 7) is 6.41. The maximum absolute atomic E-state index is 12.8. The van der Waals surface area contributed by atoms with Crippen LogP contribution in [0.3, 0.4) is 0 Å². The second-order valence-corrected chi connectivity index (χ2v) is 7.80. The molecule has 2 aromatic rings. The van der Waals surface area contributed by atoms with Crippen LogP contribution in [0, 0.1) is 0 Å². The van der Waals surface area contributed by atoms with Crippen LogP contribution >= 0.6 is 0 Å². The largest absolute Gasteiger partial charge is 0.496 e. The molecule has 0 saturated heterocycles. The van der Waals surface area contributed by atoms with Crippen LogP contribution in [-0.4, -0.2) is 56.2 Å². The summed E-state index contributed by atoms with van der Waals surface area (Å²) >= 11 is 0. The van der Waals surface area contributed by atoms with E-state index in [-0.39, 0.29) is 16.8 Å². The van der Waals surface area contributed by atoms with Gasteiger partial charge in [-0.05, 0) is 32.2 Å².